The first-order valence-corrected chi connectivity index (χ1v) is 8.71. The molecule has 3 rings (SSSR count). The second-order valence-electron chi connectivity index (χ2n) is 6.72. The summed E-state index contributed by atoms with van der Waals surface area (Å²) < 4.78 is 5.99. The molecule has 1 aromatic rings. The lowest BCUT2D eigenvalue weighted by Crippen LogP contribution is -2.62. The highest BCUT2D eigenvalue weighted by Gasteiger charge is 2.56. The maximum Gasteiger partial charge on any atom is 0.0661 e. The van der Waals surface area contributed by atoms with Crippen LogP contribution in [0, 0.1) is 5.41 Å². The van der Waals surface area contributed by atoms with Crippen LogP contribution in [-0.2, 0) is 17.7 Å². The summed E-state index contributed by atoms with van der Waals surface area (Å²) in [7, 11) is 0. The highest BCUT2D eigenvalue weighted by molar-refractivity contribution is 5.22. The summed E-state index contributed by atoms with van der Waals surface area (Å²) in [5.41, 5.74) is 3.27. The van der Waals surface area contributed by atoms with E-state index in [-0.39, 0.29) is 0 Å². The maximum absolute atomic E-state index is 5.99. The van der Waals surface area contributed by atoms with Crippen LogP contribution in [0.5, 0.6) is 0 Å². The summed E-state index contributed by atoms with van der Waals surface area (Å²) in [5, 5.41) is 3.81. The predicted molar refractivity (Wildman–Crippen MR) is 87.4 cm³/mol. The smallest absolute Gasteiger partial charge is 0.0661 e. The lowest BCUT2D eigenvalue weighted by Gasteiger charge is -2.54. The molecule has 2 nitrogen and oxygen atoms in total. The van der Waals surface area contributed by atoms with Crippen molar-refractivity contribution in [1.82, 2.24) is 5.32 Å². The number of rotatable bonds is 6. The van der Waals surface area contributed by atoms with Gasteiger partial charge in [0.1, 0.15) is 0 Å². The van der Waals surface area contributed by atoms with Crippen LogP contribution in [0.15, 0.2) is 24.3 Å². The second-order valence-corrected chi connectivity index (χ2v) is 6.72. The van der Waals surface area contributed by atoms with Crippen molar-refractivity contribution in [2.75, 3.05) is 6.61 Å². The minimum absolute atomic E-state index is 0.444. The average Bonchev–Trinajstić information content (AvgIpc) is 3.03. The van der Waals surface area contributed by atoms with Crippen LogP contribution in [0.1, 0.15) is 57.1 Å². The number of aryl methyl sites for hydroxylation is 1. The molecule has 21 heavy (non-hydrogen) atoms. The van der Waals surface area contributed by atoms with Gasteiger partial charge < -0.3 is 10.1 Å². The summed E-state index contributed by atoms with van der Waals surface area (Å²) in [6, 6.07) is 9.71. The summed E-state index contributed by atoms with van der Waals surface area (Å²) in [6.45, 7) is 6.19. The van der Waals surface area contributed by atoms with Gasteiger partial charge in [-0.1, -0.05) is 44.0 Å². The Morgan fingerprint density at radius 2 is 1.76 bits per heavy atom. The van der Waals surface area contributed by atoms with E-state index in [1.165, 1.54) is 43.2 Å². The van der Waals surface area contributed by atoms with Crippen LogP contribution < -0.4 is 5.32 Å². The Hall–Kier alpha value is -0.860. The van der Waals surface area contributed by atoms with E-state index in [1.807, 2.05) is 0 Å². The highest BCUT2D eigenvalue weighted by atomic mass is 16.5. The van der Waals surface area contributed by atoms with E-state index in [1.54, 1.807) is 0 Å². The van der Waals surface area contributed by atoms with E-state index in [0.717, 1.165) is 19.6 Å². The molecular weight excluding hydrogens is 258 g/mol. The van der Waals surface area contributed by atoms with Crippen LogP contribution in [0.2, 0.25) is 0 Å². The third kappa shape index (κ3) is 2.89. The summed E-state index contributed by atoms with van der Waals surface area (Å²) in [4.78, 5) is 0. The number of hydrogen-bond acceptors (Lipinski definition) is 2. The Labute approximate surface area is 129 Å². The maximum atomic E-state index is 5.99. The molecule has 1 aromatic carbocycles. The summed E-state index contributed by atoms with van der Waals surface area (Å²) in [5.74, 6) is 0. The Morgan fingerprint density at radius 1 is 1.10 bits per heavy atom. The molecule has 1 N–H and O–H groups in total. The fourth-order valence-electron chi connectivity index (χ4n) is 4.31. The van der Waals surface area contributed by atoms with Crippen molar-refractivity contribution in [2.45, 2.75) is 71.1 Å². The largest absolute Gasteiger partial charge is 0.378 e. The molecule has 0 aromatic heterocycles. The van der Waals surface area contributed by atoms with Crippen molar-refractivity contribution in [3.05, 3.63) is 35.4 Å². The third-order valence-electron chi connectivity index (χ3n) is 5.67. The Bertz CT molecular complexity index is 447. The van der Waals surface area contributed by atoms with E-state index in [2.05, 4.69) is 43.4 Å². The monoisotopic (exact) mass is 287 g/mol. The van der Waals surface area contributed by atoms with Gasteiger partial charge in [-0.05, 0) is 43.7 Å². The molecule has 2 unspecified atom stereocenters. The van der Waals surface area contributed by atoms with Crippen LogP contribution in [-0.4, -0.2) is 18.8 Å². The molecule has 0 bridgehead atoms. The zero-order valence-corrected chi connectivity index (χ0v) is 13.5. The molecule has 1 spiro atoms. The van der Waals surface area contributed by atoms with E-state index in [0.29, 0.717) is 17.6 Å². The quantitative estimate of drug-likeness (QED) is 0.851. The number of ether oxygens (including phenoxy) is 1. The van der Waals surface area contributed by atoms with E-state index in [4.69, 9.17) is 4.74 Å². The molecule has 2 heteroatoms. The normalized spacial score (nSPS) is 27.0. The van der Waals surface area contributed by atoms with Crippen molar-refractivity contribution in [3.63, 3.8) is 0 Å². The fourth-order valence-corrected chi connectivity index (χ4v) is 4.31. The standard InChI is InChI=1S/C19H29NO/c1-3-15-7-9-16(10-8-15)14-20-17-13-18(21-4-2)19(17)11-5-6-12-19/h7-10,17-18,20H,3-6,11-14H2,1-2H3. The SMILES string of the molecule is CCOC1CC(NCc2ccc(CC)cc2)C12CCCC2. The van der Waals surface area contributed by atoms with Gasteiger partial charge in [0.05, 0.1) is 6.10 Å². The Balaban J connectivity index is 1.57. The topological polar surface area (TPSA) is 21.3 Å². The zero-order chi connectivity index (χ0) is 14.7. The number of hydrogen-bond donors (Lipinski definition) is 1. The Morgan fingerprint density at radius 3 is 2.38 bits per heavy atom. The molecule has 0 amide bonds. The van der Waals surface area contributed by atoms with Crippen molar-refractivity contribution in [1.29, 1.82) is 0 Å². The van der Waals surface area contributed by atoms with Gasteiger partial charge in [-0.2, -0.15) is 0 Å². The van der Waals surface area contributed by atoms with E-state index < -0.39 is 0 Å². The van der Waals surface area contributed by atoms with Gasteiger partial charge in [-0.15, -0.1) is 0 Å². The molecular formula is C19H29NO. The lowest BCUT2D eigenvalue weighted by atomic mass is 9.60. The molecule has 0 heterocycles. The van der Waals surface area contributed by atoms with E-state index >= 15 is 0 Å². The van der Waals surface area contributed by atoms with Crippen molar-refractivity contribution in [2.24, 2.45) is 5.41 Å². The van der Waals surface area contributed by atoms with Gasteiger partial charge >= 0.3 is 0 Å². The minimum atomic E-state index is 0.444. The predicted octanol–water partition coefficient (Wildman–Crippen LogP) is 4.08. The average molecular weight is 287 g/mol. The highest BCUT2D eigenvalue weighted by Crippen LogP contribution is 2.54. The molecule has 116 valence electrons. The van der Waals surface area contributed by atoms with E-state index in [9.17, 15) is 0 Å². The molecule has 2 fully saturated rings. The Kier molecular flexibility index (Phi) is 4.66. The van der Waals surface area contributed by atoms with Gasteiger partial charge in [0.2, 0.25) is 0 Å². The van der Waals surface area contributed by atoms with Crippen LogP contribution in [0.3, 0.4) is 0 Å². The first kappa shape index (κ1) is 15.1. The molecule has 2 aliphatic rings. The van der Waals surface area contributed by atoms with Gasteiger partial charge in [-0.25, -0.2) is 0 Å². The molecule has 0 radical (unpaired) electrons. The fraction of sp³-hybridized carbons (Fsp3) is 0.684. The molecule has 2 saturated carbocycles. The summed E-state index contributed by atoms with van der Waals surface area (Å²) >= 11 is 0. The van der Waals surface area contributed by atoms with Gasteiger partial charge in [0.15, 0.2) is 0 Å². The first-order valence-electron chi connectivity index (χ1n) is 8.71. The molecule has 2 atom stereocenters. The number of benzene rings is 1. The minimum Gasteiger partial charge on any atom is -0.378 e. The molecule has 0 aliphatic heterocycles. The summed E-state index contributed by atoms with van der Waals surface area (Å²) in [6.07, 6.45) is 8.29. The van der Waals surface area contributed by atoms with Gasteiger partial charge in [0.25, 0.3) is 0 Å². The first-order chi connectivity index (χ1) is 10.3. The molecule has 0 saturated heterocycles. The lowest BCUT2D eigenvalue weighted by molar-refractivity contribution is -0.130. The van der Waals surface area contributed by atoms with Crippen molar-refractivity contribution >= 4 is 0 Å². The van der Waals surface area contributed by atoms with Crippen LogP contribution in [0.4, 0.5) is 0 Å². The van der Waals surface area contributed by atoms with Gasteiger partial charge in [0, 0.05) is 24.6 Å². The van der Waals surface area contributed by atoms with Crippen LogP contribution >= 0.6 is 0 Å². The molecule has 2 aliphatic carbocycles. The van der Waals surface area contributed by atoms with Crippen molar-refractivity contribution < 1.29 is 4.74 Å². The van der Waals surface area contributed by atoms with Gasteiger partial charge in [-0.3, -0.25) is 0 Å². The van der Waals surface area contributed by atoms with Crippen LogP contribution in [0.25, 0.3) is 0 Å². The number of nitrogens with one attached hydrogen (secondary N) is 1. The second kappa shape index (κ2) is 6.50. The third-order valence-corrected chi connectivity index (χ3v) is 5.67. The zero-order valence-electron chi connectivity index (χ0n) is 13.5. The van der Waals surface area contributed by atoms with Crippen molar-refractivity contribution in [3.8, 4) is 0 Å².